The van der Waals surface area contributed by atoms with Crippen molar-refractivity contribution in [2.24, 2.45) is 0 Å². The molecule has 2 aliphatic heterocycles. The summed E-state index contributed by atoms with van der Waals surface area (Å²) < 4.78 is 8.67. The topological polar surface area (TPSA) is 86.7 Å². The average Bonchev–Trinajstić information content (AvgIpc) is 2.99. The molecule has 0 aliphatic carbocycles. The van der Waals surface area contributed by atoms with Crippen molar-refractivity contribution in [3.8, 4) is 0 Å². The largest absolute Gasteiger partial charge is 0.397 e. The summed E-state index contributed by atoms with van der Waals surface area (Å²) in [4.78, 5) is 43.3. The normalized spacial score (nSPS) is 12.8. The van der Waals surface area contributed by atoms with Crippen molar-refractivity contribution < 1.29 is 94.1 Å². The molecule has 4 rings (SSSR count). The van der Waals surface area contributed by atoms with Crippen molar-refractivity contribution in [3.63, 3.8) is 0 Å². The van der Waals surface area contributed by atoms with Crippen LogP contribution in [0.3, 0.4) is 0 Å². The summed E-state index contributed by atoms with van der Waals surface area (Å²) in [5, 5.41) is 0. The van der Waals surface area contributed by atoms with Gasteiger partial charge in [0.25, 0.3) is 11.9 Å². The van der Waals surface area contributed by atoms with E-state index in [0.29, 0.717) is 22.3 Å². The molecule has 6 nitrogen and oxygen atoms in total. The van der Waals surface area contributed by atoms with Gasteiger partial charge >= 0.3 is 11.9 Å². The van der Waals surface area contributed by atoms with Crippen LogP contribution in [-0.4, -0.2) is 23.9 Å². The summed E-state index contributed by atoms with van der Waals surface area (Å²) in [6.07, 6.45) is 0. The molecule has 0 N–H and O–H groups in total. The molecule has 2 heterocycles. The third kappa shape index (κ3) is 4.97. The van der Waals surface area contributed by atoms with Gasteiger partial charge in [-0.15, -0.1) is 0 Å². The molecular weight excluding hydrogens is 478 g/mol. The van der Waals surface area contributed by atoms with Crippen LogP contribution in [0.1, 0.15) is 41.4 Å². The maximum Gasteiger partial charge on any atom is 0.321 e. The predicted molar refractivity (Wildman–Crippen MR) is 76.5 cm³/mol. The molecule has 0 amide bonds. The van der Waals surface area contributed by atoms with E-state index in [-0.39, 0.29) is 72.8 Å². The zero-order chi connectivity index (χ0) is 15.7. The Bertz CT molecular complexity index is 696. The standard InChI is InChI=1S/2C8H3O3.CH3.2Y/c2*9-7-5-3-1-2-4-6(5)8(10)11-7;;;/h2*1,3-4H;1H3;;/q3*-1;;. The molecule has 0 spiro atoms. The molecule has 0 aromatic heterocycles. The monoisotopic (exact) mass is 487 g/mol. The number of hydrogen-bond acceptors (Lipinski definition) is 6. The number of carbonyl (C=O) groups is 4. The molecule has 0 saturated carbocycles. The zero-order valence-corrected chi connectivity index (χ0v) is 18.7. The number of rotatable bonds is 0. The number of esters is 4. The van der Waals surface area contributed by atoms with Gasteiger partial charge in [0.2, 0.25) is 0 Å². The minimum atomic E-state index is -0.582. The van der Waals surface area contributed by atoms with Crippen LogP contribution in [0.15, 0.2) is 36.4 Å². The van der Waals surface area contributed by atoms with Gasteiger partial charge in [-0.2, -0.15) is 48.5 Å². The second-order valence-corrected chi connectivity index (χ2v) is 4.30. The van der Waals surface area contributed by atoms with E-state index in [9.17, 15) is 19.2 Å². The fourth-order valence-electron chi connectivity index (χ4n) is 1.94. The number of hydrogen-bond donors (Lipinski definition) is 0. The van der Waals surface area contributed by atoms with E-state index in [2.05, 4.69) is 21.6 Å². The van der Waals surface area contributed by atoms with Crippen LogP contribution >= 0.6 is 0 Å². The average molecular weight is 487 g/mol. The first kappa shape index (κ1) is 23.9. The smallest absolute Gasteiger partial charge is 0.321 e. The van der Waals surface area contributed by atoms with Gasteiger partial charge in [-0.3, -0.25) is 9.59 Å². The minimum absolute atomic E-state index is 0. The van der Waals surface area contributed by atoms with Gasteiger partial charge in [0.1, 0.15) is 0 Å². The predicted octanol–water partition coefficient (Wildman–Crippen LogP) is 2.04. The molecule has 8 heteroatoms. The molecule has 2 aromatic rings. The number of cyclic esters (lactones) is 4. The summed E-state index contributed by atoms with van der Waals surface area (Å²) in [6.45, 7) is 0. The summed E-state index contributed by atoms with van der Waals surface area (Å²) in [5.41, 5.74) is 1.26. The first-order valence-electron chi connectivity index (χ1n) is 6.11. The molecule has 2 aliphatic rings. The van der Waals surface area contributed by atoms with Gasteiger partial charge in [-0.25, -0.2) is 9.59 Å². The van der Waals surface area contributed by atoms with Crippen LogP contribution in [0.4, 0.5) is 0 Å². The van der Waals surface area contributed by atoms with E-state index in [0.717, 1.165) is 0 Å². The Labute approximate surface area is 194 Å². The molecule has 2 aromatic carbocycles. The van der Waals surface area contributed by atoms with Crippen molar-refractivity contribution in [1.29, 1.82) is 0 Å². The number of fused-ring (bicyclic) bond motifs is 2. The minimum Gasteiger partial charge on any atom is -0.397 e. The van der Waals surface area contributed by atoms with Gasteiger partial charge in [-0.05, 0) is 22.3 Å². The Hall–Kier alpha value is -1.07. The van der Waals surface area contributed by atoms with Gasteiger partial charge < -0.3 is 16.9 Å². The Kier molecular flexibility index (Phi) is 9.73. The molecule has 0 saturated heterocycles. The molecule has 0 bridgehead atoms. The van der Waals surface area contributed by atoms with E-state index < -0.39 is 23.9 Å². The van der Waals surface area contributed by atoms with Crippen LogP contribution in [0.2, 0.25) is 0 Å². The van der Waals surface area contributed by atoms with Crippen LogP contribution in [0, 0.1) is 19.6 Å². The van der Waals surface area contributed by atoms with Gasteiger partial charge in [0, 0.05) is 65.4 Å². The van der Waals surface area contributed by atoms with Crippen LogP contribution < -0.4 is 0 Å². The summed E-state index contributed by atoms with van der Waals surface area (Å²) >= 11 is 0. The van der Waals surface area contributed by atoms with E-state index in [1.807, 2.05) is 0 Å². The van der Waals surface area contributed by atoms with E-state index in [4.69, 9.17) is 0 Å². The fourth-order valence-corrected chi connectivity index (χ4v) is 1.94. The maximum absolute atomic E-state index is 10.8. The third-order valence-electron chi connectivity index (χ3n) is 2.98. The summed E-state index contributed by atoms with van der Waals surface area (Å²) in [5.74, 6) is -2.30. The second-order valence-electron chi connectivity index (χ2n) is 4.30. The number of benzene rings is 2. The quantitative estimate of drug-likeness (QED) is 0.322. The van der Waals surface area contributed by atoms with Crippen molar-refractivity contribution >= 4 is 23.9 Å². The van der Waals surface area contributed by atoms with Gasteiger partial charge in [0.05, 0.1) is 0 Å². The van der Waals surface area contributed by atoms with Crippen molar-refractivity contribution in [2.45, 2.75) is 0 Å². The van der Waals surface area contributed by atoms with Crippen molar-refractivity contribution in [2.75, 3.05) is 0 Å². The Morgan fingerprint density at radius 1 is 0.600 bits per heavy atom. The van der Waals surface area contributed by atoms with Gasteiger partial charge in [0.15, 0.2) is 0 Å². The molecule has 25 heavy (non-hydrogen) atoms. The number of ether oxygens (including phenoxy) is 2. The first-order chi connectivity index (χ1) is 10.6. The third-order valence-corrected chi connectivity index (χ3v) is 2.98. The Morgan fingerprint density at radius 2 is 0.920 bits per heavy atom. The molecule has 122 valence electrons. The molecule has 0 unspecified atom stereocenters. The SMILES string of the molecule is O=C1OC(=O)c2cc[c-]cc21.O=C1OC(=O)c2cc[c-]cc21.[CH3-].[Y].[Y]. The Balaban J connectivity index is 0.000000411. The zero-order valence-electron chi connectivity index (χ0n) is 13.1. The van der Waals surface area contributed by atoms with E-state index >= 15 is 0 Å². The van der Waals surface area contributed by atoms with Crippen LogP contribution in [-0.2, 0) is 74.9 Å². The van der Waals surface area contributed by atoms with E-state index in [1.54, 1.807) is 12.1 Å². The molecule has 0 fully saturated rings. The molecule has 0 atom stereocenters. The summed E-state index contributed by atoms with van der Waals surface area (Å²) in [6, 6.07) is 14.4. The summed E-state index contributed by atoms with van der Waals surface area (Å²) in [7, 11) is 0. The van der Waals surface area contributed by atoms with Crippen LogP contribution in [0.5, 0.6) is 0 Å². The van der Waals surface area contributed by atoms with Gasteiger partial charge in [-0.1, -0.05) is 0 Å². The van der Waals surface area contributed by atoms with Crippen LogP contribution in [0.25, 0.3) is 0 Å². The van der Waals surface area contributed by atoms with Crippen molar-refractivity contribution in [3.05, 3.63) is 78.2 Å². The molecule has 2 radical (unpaired) electrons. The number of carbonyl (C=O) groups excluding carboxylic acids is 4. The van der Waals surface area contributed by atoms with Crippen molar-refractivity contribution in [1.82, 2.24) is 0 Å². The second kappa shape index (κ2) is 10.2. The Morgan fingerprint density at radius 3 is 1.24 bits per heavy atom. The maximum atomic E-state index is 10.8. The first-order valence-corrected chi connectivity index (χ1v) is 6.11. The fraction of sp³-hybridized carbons (Fsp3) is 0. The molecular formula is C17H9O6Y2-3. The van der Waals surface area contributed by atoms with E-state index in [1.165, 1.54) is 24.3 Å².